The van der Waals surface area contributed by atoms with Crippen LogP contribution in [0.25, 0.3) is 0 Å². The van der Waals surface area contributed by atoms with Crippen LogP contribution >= 0.6 is 0 Å². The van der Waals surface area contributed by atoms with Crippen molar-refractivity contribution in [1.29, 1.82) is 0 Å². The number of rotatable bonds is 6. The van der Waals surface area contributed by atoms with Crippen molar-refractivity contribution in [3.8, 4) is 0 Å². The zero-order chi connectivity index (χ0) is 15.0. The minimum atomic E-state index is -0.987. The highest BCUT2D eigenvalue weighted by molar-refractivity contribution is 5.88. The molecule has 0 radical (unpaired) electrons. The minimum Gasteiger partial charge on any atom is -0.478 e. The van der Waals surface area contributed by atoms with Crippen molar-refractivity contribution in [1.82, 2.24) is 0 Å². The molecule has 20 heavy (non-hydrogen) atoms. The molecule has 1 fully saturated rings. The SMILES string of the molecule is C=CC=CC(=O)OC1CCCCC1C(=CC=C)C(=O)O. The Morgan fingerprint density at radius 1 is 1.15 bits per heavy atom. The molecule has 0 heterocycles. The third-order valence-corrected chi connectivity index (χ3v) is 3.28. The Labute approximate surface area is 119 Å². The van der Waals surface area contributed by atoms with Crippen LogP contribution in [0.1, 0.15) is 25.7 Å². The molecular weight excluding hydrogens is 256 g/mol. The second-order valence-electron chi connectivity index (χ2n) is 4.62. The molecule has 4 nitrogen and oxygen atoms in total. The van der Waals surface area contributed by atoms with Crippen LogP contribution in [-0.4, -0.2) is 23.1 Å². The fourth-order valence-electron chi connectivity index (χ4n) is 2.41. The van der Waals surface area contributed by atoms with Crippen LogP contribution in [0.3, 0.4) is 0 Å². The van der Waals surface area contributed by atoms with Gasteiger partial charge < -0.3 is 9.84 Å². The van der Waals surface area contributed by atoms with E-state index in [2.05, 4.69) is 13.2 Å². The van der Waals surface area contributed by atoms with Crippen molar-refractivity contribution in [3.05, 3.63) is 49.1 Å². The summed E-state index contributed by atoms with van der Waals surface area (Å²) in [5.74, 6) is -1.73. The smallest absolute Gasteiger partial charge is 0.331 e. The van der Waals surface area contributed by atoms with Gasteiger partial charge in [-0.25, -0.2) is 9.59 Å². The first-order valence-corrected chi connectivity index (χ1v) is 6.65. The van der Waals surface area contributed by atoms with Crippen molar-refractivity contribution in [2.45, 2.75) is 31.8 Å². The lowest BCUT2D eigenvalue weighted by molar-refractivity contribution is -0.148. The van der Waals surface area contributed by atoms with Gasteiger partial charge in [0.25, 0.3) is 0 Å². The number of carbonyl (C=O) groups is 2. The summed E-state index contributed by atoms with van der Waals surface area (Å²) < 4.78 is 5.37. The third-order valence-electron chi connectivity index (χ3n) is 3.28. The maximum absolute atomic E-state index is 11.6. The number of hydrogen-bond donors (Lipinski definition) is 1. The number of carboxylic acid groups (broad SMARTS) is 1. The van der Waals surface area contributed by atoms with E-state index in [1.165, 1.54) is 30.4 Å². The number of ether oxygens (including phenoxy) is 1. The Morgan fingerprint density at radius 2 is 1.85 bits per heavy atom. The van der Waals surface area contributed by atoms with Crippen molar-refractivity contribution in [3.63, 3.8) is 0 Å². The van der Waals surface area contributed by atoms with Gasteiger partial charge in [-0.05, 0) is 19.3 Å². The van der Waals surface area contributed by atoms with Gasteiger partial charge in [-0.1, -0.05) is 43.9 Å². The normalized spacial score (nSPS) is 23.3. The maximum atomic E-state index is 11.6. The third kappa shape index (κ3) is 4.53. The molecule has 2 unspecified atom stereocenters. The predicted molar refractivity (Wildman–Crippen MR) is 77.1 cm³/mol. The van der Waals surface area contributed by atoms with Gasteiger partial charge in [0, 0.05) is 17.6 Å². The first-order valence-electron chi connectivity index (χ1n) is 6.65. The highest BCUT2D eigenvalue weighted by Gasteiger charge is 2.33. The number of allylic oxidation sites excluding steroid dienone is 4. The summed E-state index contributed by atoms with van der Waals surface area (Å²) in [5, 5.41) is 9.27. The van der Waals surface area contributed by atoms with E-state index in [0.717, 1.165) is 12.8 Å². The fourth-order valence-corrected chi connectivity index (χ4v) is 2.41. The van der Waals surface area contributed by atoms with Gasteiger partial charge >= 0.3 is 11.9 Å². The summed E-state index contributed by atoms with van der Waals surface area (Å²) in [6.07, 6.45) is 10.1. The number of carboxylic acids is 1. The molecule has 0 saturated heterocycles. The molecule has 0 aliphatic heterocycles. The van der Waals surface area contributed by atoms with Crippen molar-refractivity contribution >= 4 is 11.9 Å². The van der Waals surface area contributed by atoms with E-state index in [1.807, 2.05) is 0 Å². The zero-order valence-electron chi connectivity index (χ0n) is 11.5. The van der Waals surface area contributed by atoms with Gasteiger partial charge in [0.2, 0.25) is 0 Å². The van der Waals surface area contributed by atoms with Gasteiger partial charge in [0.05, 0.1) is 0 Å². The Kier molecular flexibility index (Phi) is 6.50. The van der Waals surface area contributed by atoms with Crippen molar-refractivity contribution in [2.24, 2.45) is 5.92 Å². The van der Waals surface area contributed by atoms with Gasteiger partial charge in [-0.2, -0.15) is 0 Å². The van der Waals surface area contributed by atoms with Crippen LogP contribution in [0.4, 0.5) is 0 Å². The molecular formula is C16H20O4. The molecule has 108 valence electrons. The van der Waals surface area contributed by atoms with E-state index in [-0.39, 0.29) is 11.5 Å². The second kappa shape index (κ2) is 8.15. The molecule has 1 N–H and O–H groups in total. The lowest BCUT2D eigenvalue weighted by Crippen LogP contribution is -2.33. The molecule has 0 aromatic heterocycles. The van der Waals surface area contributed by atoms with Gasteiger partial charge in [-0.3, -0.25) is 0 Å². The molecule has 0 aromatic rings. The highest BCUT2D eigenvalue weighted by atomic mass is 16.5. The predicted octanol–water partition coefficient (Wildman–Crippen LogP) is 3.03. The molecule has 0 amide bonds. The first kappa shape index (κ1) is 16.0. The Morgan fingerprint density at radius 3 is 2.45 bits per heavy atom. The summed E-state index contributed by atoms with van der Waals surface area (Å²) in [6, 6.07) is 0. The molecule has 0 bridgehead atoms. The van der Waals surface area contributed by atoms with Crippen LogP contribution in [0.2, 0.25) is 0 Å². The zero-order valence-corrected chi connectivity index (χ0v) is 11.5. The van der Waals surface area contributed by atoms with Crippen molar-refractivity contribution < 1.29 is 19.4 Å². The lowest BCUT2D eigenvalue weighted by atomic mass is 9.81. The van der Waals surface area contributed by atoms with Crippen molar-refractivity contribution in [2.75, 3.05) is 0 Å². The van der Waals surface area contributed by atoms with E-state index in [4.69, 9.17) is 4.74 Å². The molecule has 0 aromatic carbocycles. The van der Waals surface area contributed by atoms with Crippen LogP contribution in [0, 0.1) is 5.92 Å². The van der Waals surface area contributed by atoms with E-state index in [0.29, 0.717) is 12.8 Å². The molecule has 2 atom stereocenters. The average molecular weight is 276 g/mol. The number of carbonyl (C=O) groups excluding carboxylic acids is 1. The van der Waals surface area contributed by atoms with E-state index >= 15 is 0 Å². The van der Waals surface area contributed by atoms with Crippen LogP contribution in [-0.2, 0) is 14.3 Å². The van der Waals surface area contributed by atoms with E-state index < -0.39 is 18.0 Å². The Balaban J connectivity index is 2.85. The van der Waals surface area contributed by atoms with Crippen LogP contribution < -0.4 is 0 Å². The maximum Gasteiger partial charge on any atom is 0.331 e. The monoisotopic (exact) mass is 276 g/mol. The van der Waals surface area contributed by atoms with Crippen LogP contribution in [0.15, 0.2) is 49.1 Å². The van der Waals surface area contributed by atoms with E-state index in [9.17, 15) is 14.7 Å². The molecule has 0 spiro atoms. The van der Waals surface area contributed by atoms with Gasteiger partial charge in [0.1, 0.15) is 6.10 Å². The van der Waals surface area contributed by atoms with Gasteiger partial charge in [0.15, 0.2) is 0 Å². The van der Waals surface area contributed by atoms with E-state index in [1.54, 1.807) is 0 Å². The standard InChI is InChI=1S/C16H20O4/c1-3-5-11-15(17)20-14-10-7-6-9-12(14)13(8-4-2)16(18)19/h3-5,8,11-12,14H,1-2,6-7,9-10H2,(H,18,19). The Bertz CT molecular complexity index is 445. The summed E-state index contributed by atoms with van der Waals surface area (Å²) in [5.41, 5.74) is 0.255. The highest BCUT2D eigenvalue weighted by Crippen LogP contribution is 2.32. The molecule has 1 saturated carbocycles. The summed E-state index contributed by atoms with van der Waals surface area (Å²) in [7, 11) is 0. The number of hydrogen-bond acceptors (Lipinski definition) is 3. The molecule has 1 rings (SSSR count). The first-order chi connectivity index (χ1) is 9.60. The fraction of sp³-hybridized carbons (Fsp3) is 0.375. The molecule has 1 aliphatic rings. The minimum absolute atomic E-state index is 0.255. The Hall–Kier alpha value is -2.10. The van der Waals surface area contributed by atoms with Gasteiger partial charge in [-0.15, -0.1) is 0 Å². The molecule has 4 heteroatoms. The van der Waals surface area contributed by atoms with Crippen LogP contribution in [0.5, 0.6) is 0 Å². The number of aliphatic carboxylic acids is 1. The molecule has 1 aliphatic carbocycles. The summed E-state index contributed by atoms with van der Waals surface area (Å²) in [4.78, 5) is 22.9. The second-order valence-corrected chi connectivity index (χ2v) is 4.62. The summed E-state index contributed by atoms with van der Waals surface area (Å²) >= 11 is 0. The number of esters is 1. The summed E-state index contributed by atoms with van der Waals surface area (Å²) in [6.45, 7) is 7.01. The lowest BCUT2D eigenvalue weighted by Gasteiger charge is -2.31. The largest absolute Gasteiger partial charge is 0.478 e. The average Bonchev–Trinajstić information content (AvgIpc) is 2.43. The quantitative estimate of drug-likeness (QED) is 0.460. The topological polar surface area (TPSA) is 63.6 Å².